The highest BCUT2D eigenvalue weighted by atomic mass is 16.3. The Bertz CT molecular complexity index is 387. The SMILES string of the molecule is CCNCc1c(C)nn(C)c1N(CCCO)C(C)C. The van der Waals surface area contributed by atoms with Gasteiger partial charge in [0.25, 0.3) is 0 Å². The van der Waals surface area contributed by atoms with Crippen LogP contribution in [0.1, 0.15) is 38.4 Å². The molecule has 110 valence electrons. The van der Waals surface area contributed by atoms with Crippen molar-refractivity contribution in [1.29, 1.82) is 0 Å². The van der Waals surface area contributed by atoms with Gasteiger partial charge in [-0.15, -0.1) is 0 Å². The van der Waals surface area contributed by atoms with Crippen molar-refractivity contribution in [3.05, 3.63) is 11.3 Å². The number of hydrogen-bond donors (Lipinski definition) is 2. The van der Waals surface area contributed by atoms with Crippen molar-refractivity contribution < 1.29 is 5.11 Å². The van der Waals surface area contributed by atoms with E-state index in [0.717, 1.165) is 31.7 Å². The zero-order valence-corrected chi connectivity index (χ0v) is 12.9. The van der Waals surface area contributed by atoms with Crippen LogP contribution in [0.4, 0.5) is 5.82 Å². The Hall–Kier alpha value is -1.07. The van der Waals surface area contributed by atoms with Gasteiger partial charge in [-0.2, -0.15) is 5.10 Å². The summed E-state index contributed by atoms with van der Waals surface area (Å²) in [6, 6.07) is 0.390. The summed E-state index contributed by atoms with van der Waals surface area (Å²) in [5, 5.41) is 17.0. The van der Waals surface area contributed by atoms with Gasteiger partial charge in [0.15, 0.2) is 0 Å². The number of aromatic nitrogens is 2. The molecule has 1 rings (SSSR count). The maximum absolute atomic E-state index is 9.07. The Labute approximate surface area is 116 Å². The van der Waals surface area contributed by atoms with Gasteiger partial charge in [-0.05, 0) is 33.7 Å². The molecular weight excluding hydrogens is 240 g/mol. The van der Waals surface area contributed by atoms with E-state index >= 15 is 0 Å². The Kier molecular flexibility index (Phi) is 6.31. The zero-order chi connectivity index (χ0) is 14.4. The second-order valence-electron chi connectivity index (χ2n) is 5.16. The number of aliphatic hydroxyl groups is 1. The van der Waals surface area contributed by atoms with E-state index in [-0.39, 0.29) is 6.61 Å². The van der Waals surface area contributed by atoms with Crippen LogP contribution in [0.2, 0.25) is 0 Å². The van der Waals surface area contributed by atoms with Crippen molar-refractivity contribution in [3.63, 3.8) is 0 Å². The molecule has 0 unspecified atom stereocenters. The minimum Gasteiger partial charge on any atom is -0.396 e. The van der Waals surface area contributed by atoms with Gasteiger partial charge in [-0.1, -0.05) is 6.92 Å². The van der Waals surface area contributed by atoms with Crippen molar-refractivity contribution in [1.82, 2.24) is 15.1 Å². The van der Waals surface area contributed by atoms with Crippen LogP contribution in [0, 0.1) is 6.92 Å². The van der Waals surface area contributed by atoms with E-state index in [1.807, 2.05) is 11.7 Å². The van der Waals surface area contributed by atoms with Crippen molar-refractivity contribution >= 4 is 5.82 Å². The van der Waals surface area contributed by atoms with Gasteiger partial charge < -0.3 is 15.3 Å². The van der Waals surface area contributed by atoms with Crippen LogP contribution in [0.15, 0.2) is 0 Å². The summed E-state index contributed by atoms with van der Waals surface area (Å²) in [6.45, 7) is 11.4. The molecular formula is C14H28N4O. The van der Waals surface area contributed by atoms with Crippen LogP contribution < -0.4 is 10.2 Å². The van der Waals surface area contributed by atoms with Gasteiger partial charge in [0.2, 0.25) is 0 Å². The molecule has 0 atom stereocenters. The Morgan fingerprint density at radius 1 is 1.42 bits per heavy atom. The average molecular weight is 268 g/mol. The topological polar surface area (TPSA) is 53.3 Å². The highest BCUT2D eigenvalue weighted by Gasteiger charge is 2.20. The zero-order valence-electron chi connectivity index (χ0n) is 12.9. The number of aryl methyl sites for hydroxylation is 2. The highest BCUT2D eigenvalue weighted by Crippen LogP contribution is 2.25. The van der Waals surface area contributed by atoms with E-state index in [0.29, 0.717) is 6.04 Å². The lowest BCUT2D eigenvalue weighted by Gasteiger charge is -2.29. The predicted molar refractivity (Wildman–Crippen MR) is 79.5 cm³/mol. The summed E-state index contributed by atoms with van der Waals surface area (Å²) in [5.74, 6) is 1.17. The van der Waals surface area contributed by atoms with E-state index in [1.165, 1.54) is 11.4 Å². The molecule has 1 aromatic rings. The molecule has 0 aliphatic heterocycles. The minimum absolute atomic E-state index is 0.225. The Morgan fingerprint density at radius 3 is 2.63 bits per heavy atom. The molecule has 0 saturated carbocycles. The molecule has 5 heteroatoms. The third kappa shape index (κ3) is 3.94. The first-order chi connectivity index (χ1) is 9.02. The number of hydrogen-bond acceptors (Lipinski definition) is 4. The first kappa shape index (κ1) is 16.0. The average Bonchev–Trinajstić information content (AvgIpc) is 2.62. The van der Waals surface area contributed by atoms with Gasteiger partial charge in [0.05, 0.1) is 5.69 Å². The molecule has 0 amide bonds. The van der Waals surface area contributed by atoms with Crippen molar-refractivity contribution in [2.24, 2.45) is 7.05 Å². The maximum atomic E-state index is 9.07. The number of nitrogens with one attached hydrogen (secondary N) is 1. The molecule has 0 saturated heterocycles. The van der Waals surface area contributed by atoms with Crippen LogP contribution in [-0.2, 0) is 13.6 Å². The van der Waals surface area contributed by atoms with Gasteiger partial charge in [0, 0.05) is 38.3 Å². The van der Waals surface area contributed by atoms with Crippen molar-refractivity contribution in [2.45, 2.75) is 46.7 Å². The first-order valence-corrected chi connectivity index (χ1v) is 7.13. The normalized spacial score (nSPS) is 11.3. The lowest BCUT2D eigenvalue weighted by atomic mass is 10.2. The summed E-state index contributed by atoms with van der Waals surface area (Å²) in [6.07, 6.45) is 0.781. The maximum Gasteiger partial charge on any atom is 0.131 e. The lowest BCUT2D eigenvalue weighted by molar-refractivity contribution is 0.288. The molecule has 1 aromatic heterocycles. The number of rotatable bonds is 8. The highest BCUT2D eigenvalue weighted by molar-refractivity contribution is 5.50. The van der Waals surface area contributed by atoms with E-state index in [2.05, 4.69) is 43.0 Å². The lowest BCUT2D eigenvalue weighted by Crippen LogP contribution is -2.35. The van der Waals surface area contributed by atoms with Crippen LogP contribution in [0.5, 0.6) is 0 Å². The largest absolute Gasteiger partial charge is 0.396 e. The molecule has 2 N–H and O–H groups in total. The van der Waals surface area contributed by atoms with Gasteiger partial charge in [0.1, 0.15) is 5.82 Å². The summed E-state index contributed by atoms with van der Waals surface area (Å²) >= 11 is 0. The second kappa shape index (κ2) is 7.50. The monoisotopic (exact) mass is 268 g/mol. The predicted octanol–water partition coefficient (Wildman–Crippen LogP) is 1.44. The second-order valence-corrected chi connectivity index (χ2v) is 5.16. The molecule has 0 aliphatic rings. The smallest absolute Gasteiger partial charge is 0.131 e. The van der Waals surface area contributed by atoms with Crippen LogP contribution >= 0.6 is 0 Å². The molecule has 0 aromatic carbocycles. The first-order valence-electron chi connectivity index (χ1n) is 7.13. The fraction of sp³-hybridized carbons (Fsp3) is 0.786. The number of nitrogens with zero attached hydrogens (tertiary/aromatic N) is 3. The molecule has 0 bridgehead atoms. The fourth-order valence-electron chi connectivity index (χ4n) is 2.36. The van der Waals surface area contributed by atoms with Crippen LogP contribution in [0.25, 0.3) is 0 Å². The quantitative estimate of drug-likeness (QED) is 0.749. The van der Waals surface area contributed by atoms with E-state index in [4.69, 9.17) is 5.11 Å². The molecule has 5 nitrogen and oxygen atoms in total. The van der Waals surface area contributed by atoms with Gasteiger partial charge >= 0.3 is 0 Å². The third-order valence-corrected chi connectivity index (χ3v) is 3.32. The summed E-state index contributed by atoms with van der Waals surface area (Å²) < 4.78 is 1.96. The Balaban J connectivity index is 3.05. The molecule has 0 spiro atoms. The minimum atomic E-state index is 0.225. The van der Waals surface area contributed by atoms with Crippen molar-refractivity contribution in [3.8, 4) is 0 Å². The molecule has 19 heavy (non-hydrogen) atoms. The van der Waals surface area contributed by atoms with E-state index in [9.17, 15) is 0 Å². The van der Waals surface area contributed by atoms with Gasteiger partial charge in [-0.25, -0.2) is 0 Å². The Morgan fingerprint density at radius 2 is 2.11 bits per heavy atom. The van der Waals surface area contributed by atoms with E-state index < -0.39 is 0 Å². The summed E-state index contributed by atoms with van der Waals surface area (Å²) in [4.78, 5) is 2.32. The summed E-state index contributed by atoms with van der Waals surface area (Å²) in [5.41, 5.74) is 2.34. The number of aliphatic hydroxyl groups excluding tert-OH is 1. The molecule has 0 radical (unpaired) electrons. The molecule has 0 aliphatic carbocycles. The molecule has 0 fully saturated rings. The van der Waals surface area contributed by atoms with E-state index in [1.54, 1.807) is 0 Å². The van der Waals surface area contributed by atoms with Crippen molar-refractivity contribution in [2.75, 3.05) is 24.6 Å². The fourth-order valence-corrected chi connectivity index (χ4v) is 2.36. The van der Waals surface area contributed by atoms with Crippen LogP contribution in [-0.4, -0.2) is 40.6 Å². The molecule has 1 heterocycles. The van der Waals surface area contributed by atoms with Crippen LogP contribution in [0.3, 0.4) is 0 Å². The number of anilines is 1. The standard InChI is InChI=1S/C14H28N4O/c1-6-15-10-13-12(4)16-17(5)14(13)18(11(2)3)8-7-9-19/h11,15,19H,6-10H2,1-5H3. The van der Waals surface area contributed by atoms with Gasteiger partial charge in [-0.3, -0.25) is 4.68 Å². The third-order valence-electron chi connectivity index (χ3n) is 3.32. The summed E-state index contributed by atoms with van der Waals surface area (Å²) in [7, 11) is 1.99.